The molecule has 0 aliphatic heterocycles. The molecule has 0 atom stereocenters. The Morgan fingerprint density at radius 1 is 0.364 bits per heavy atom. The maximum atomic E-state index is 6.70. The number of fused-ring (bicyclic) bond motifs is 2. The van der Waals surface area contributed by atoms with Gasteiger partial charge in [0.1, 0.15) is 45.7 Å². The van der Waals surface area contributed by atoms with Crippen molar-refractivity contribution in [3.8, 4) is 67.9 Å². The molecule has 5 aromatic carbocycles. The third kappa shape index (κ3) is 4.71. The van der Waals surface area contributed by atoms with Crippen molar-refractivity contribution in [2.45, 2.75) is 0 Å². The largest absolute Gasteiger partial charge is 0.497 e. The molecule has 7 rings (SSSR count). The summed E-state index contributed by atoms with van der Waals surface area (Å²) in [6, 6.07) is 36.0. The summed E-state index contributed by atoms with van der Waals surface area (Å²) in [5.41, 5.74) is 7.36. The summed E-state index contributed by atoms with van der Waals surface area (Å²) in [7, 11) is 6.65. The number of hydrogen-bond acceptors (Lipinski definition) is 6. The second-order valence-corrected chi connectivity index (χ2v) is 10.4. The van der Waals surface area contributed by atoms with Gasteiger partial charge in [0, 0.05) is 33.0 Å². The summed E-state index contributed by atoms with van der Waals surface area (Å²) in [5.74, 6) is 4.67. The molecule has 0 saturated carbocycles. The zero-order valence-electron chi connectivity index (χ0n) is 24.8. The molecule has 7 aromatic rings. The standard InChI is InChI=1S/C38H30O6/c1-39-27-13-5-23(6-14-27)35-31-21-34-32(22-33(31)43-37(35)25-9-17-29(41-3)18-10-25)36(24-7-15-28(40-2)16-8-24)38(44-34)26-11-19-30(42-4)20-12-26/h5-22H,1-4H3. The smallest absolute Gasteiger partial charge is 0.143 e. The Hall–Kier alpha value is -5.62. The van der Waals surface area contributed by atoms with Crippen LogP contribution in [0.4, 0.5) is 0 Å². The number of methoxy groups -OCH3 is 4. The minimum absolute atomic E-state index is 0.756. The molecular formula is C38H30O6. The highest BCUT2D eigenvalue weighted by atomic mass is 16.5. The first-order chi connectivity index (χ1) is 21.6. The average Bonchev–Trinajstić information content (AvgIpc) is 3.65. The summed E-state index contributed by atoms with van der Waals surface area (Å²) in [6.45, 7) is 0. The van der Waals surface area contributed by atoms with Crippen LogP contribution in [-0.4, -0.2) is 28.4 Å². The van der Waals surface area contributed by atoms with E-state index in [1.807, 2.05) is 97.1 Å². The maximum Gasteiger partial charge on any atom is 0.143 e. The van der Waals surface area contributed by atoms with Crippen molar-refractivity contribution in [3.63, 3.8) is 0 Å². The van der Waals surface area contributed by atoms with Crippen LogP contribution in [0.15, 0.2) is 118 Å². The zero-order chi connectivity index (χ0) is 30.2. The quantitative estimate of drug-likeness (QED) is 0.178. The highest BCUT2D eigenvalue weighted by molar-refractivity contribution is 6.11. The molecule has 0 radical (unpaired) electrons. The predicted molar refractivity (Wildman–Crippen MR) is 174 cm³/mol. The molecule has 6 heteroatoms. The fraction of sp³-hybridized carbons (Fsp3) is 0.105. The van der Waals surface area contributed by atoms with Crippen LogP contribution < -0.4 is 18.9 Å². The molecule has 0 N–H and O–H groups in total. The van der Waals surface area contributed by atoms with Crippen molar-refractivity contribution >= 4 is 21.9 Å². The van der Waals surface area contributed by atoms with Crippen LogP contribution in [0.25, 0.3) is 66.8 Å². The minimum Gasteiger partial charge on any atom is -0.497 e. The Balaban J connectivity index is 1.50. The second-order valence-electron chi connectivity index (χ2n) is 10.4. The van der Waals surface area contributed by atoms with Gasteiger partial charge in [-0.1, -0.05) is 24.3 Å². The lowest BCUT2D eigenvalue weighted by molar-refractivity contribution is 0.414. The van der Waals surface area contributed by atoms with E-state index in [1.54, 1.807) is 28.4 Å². The van der Waals surface area contributed by atoms with Gasteiger partial charge < -0.3 is 27.8 Å². The Bertz CT molecular complexity index is 1910. The molecule has 44 heavy (non-hydrogen) atoms. The van der Waals surface area contributed by atoms with Crippen LogP contribution in [-0.2, 0) is 0 Å². The van der Waals surface area contributed by atoms with E-state index in [4.69, 9.17) is 27.8 Å². The van der Waals surface area contributed by atoms with Gasteiger partial charge in [0.2, 0.25) is 0 Å². The molecule has 2 aromatic heterocycles. The van der Waals surface area contributed by atoms with Gasteiger partial charge in [0.25, 0.3) is 0 Å². The van der Waals surface area contributed by atoms with Crippen molar-refractivity contribution in [1.82, 2.24) is 0 Å². The van der Waals surface area contributed by atoms with Crippen LogP contribution in [0, 0.1) is 0 Å². The van der Waals surface area contributed by atoms with Crippen LogP contribution in [0.5, 0.6) is 23.0 Å². The average molecular weight is 583 g/mol. The molecule has 0 bridgehead atoms. The van der Waals surface area contributed by atoms with E-state index in [-0.39, 0.29) is 0 Å². The third-order valence-electron chi connectivity index (χ3n) is 7.96. The van der Waals surface area contributed by atoms with Gasteiger partial charge in [0.15, 0.2) is 0 Å². The fourth-order valence-electron chi connectivity index (χ4n) is 5.67. The second kappa shape index (κ2) is 11.2. The summed E-state index contributed by atoms with van der Waals surface area (Å²) in [4.78, 5) is 0. The van der Waals surface area contributed by atoms with Gasteiger partial charge in [-0.15, -0.1) is 0 Å². The molecule has 0 unspecified atom stereocenters. The molecule has 0 fully saturated rings. The predicted octanol–water partition coefficient (Wildman–Crippen LogP) is 9.88. The Morgan fingerprint density at radius 2 is 0.636 bits per heavy atom. The van der Waals surface area contributed by atoms with Crippen molar-refractivity contribution < 1.29 is 27.8 Å². The number of furan rings is 2. The van der Waals surface area contributed by atoms with Crippen LogP contribution in [0.3, 0.4) is 0 Å². The summed E-state index contributed by atoms with van der Waals surface area (Å²) < 4.78 is 35.1. The van der Waals surface area contributed by atoms with Crippen LogP contribution >= 0.6 is 0 Å². The molecule has 0 spiro atoms. The molecule has 0 aliphatic rings. The summed E-state index contributed by atoms with van der Waals surface area (Å²) in [5, 5.41) is 1.90. The van der Waals surface area contributed by atoms with E-state index < -0.39 is 0 Å². The zero-order valence-corrected chi connectivity index (χ0v) is 24.8. The number of rotatable bonds is 8. The first kappa shape index (κ1) is 27.2. The first-order valence-electron chi connectivity index (χ1n) is 14.2. The normalized spacial score (nSPS) is 11.2. The monoisotopic (exact) mass is 582 g/mol. The molecule has 0 saturated heterocycles. The summed E-state index contributed by atoms with van der Waals surface area (Å²) >= 11 is 0. The lowest BCUT2D eigenvalue weighted by atomic mass is 9.96. The highest BCUT2D eigenvalue weighted by Gasteiger charge is 2.24. The van der Waals surface area contributed by atoms with Gasteiger partial charge in [-0.2, -0.15) is 0 Å². The van der Waals surface area contributed by atoms with Gasteiger partial charge >= 0.3 is 0 Å². The van der Waals surface area contributed by atoms with Gasteiger partial charge in [-0.05, 0) is 96.1 Å². The lowest BCUT2D eigenvalue weighted by Gasteiger charge is -2.07. The van der Waals surface area contributed by atoms with Crippen LogP contribution in [0.2, 0.25) is 0 Å². The van der Waals surface area contributed by atoms with E-state index in [1.165, 1.54) is 0 Å². The van der Waals surface area contributed by atoms with Crippen LogP contribution in [0.1, 0.15) is 0 Å². The molecule has 6 nitrogen and oxygen atoms in total. The van der Waals surface area contributed by atoms with Gasteiger partial charge in [-0.3, -0.25) is 0 Å². The van der Waals surface area contributed by atoms with E-state index in [9.17, 15) is 0 Å². The van der Waals surface area contributed by atoms with Gasteiger partial charge in [0.05, 0.1) is 28.4 Å². The maximum absolute atomic E-state index is 6.70. The van der Waals surface area contributed by atoms with Gasteiger partial charge in [-0.25, -0.2) is 0 Å². The van der Waals surface area contributed by atoms with Crippen molar-refractivity contribution in [3.05, 3.63) is 109 Å². The molecular weight excluding hydrogens is 552 g/mol. The van der Waals surface area contributed by atoms with E-state index in [0.29, 0.717) is 0 Å². The number of ether oxygens (including phenoxy) is 4. The Morgan fingerprint density at radius 3 is 0.909 bits per heavy atom. The van der Waals surface area contributed by atoms with E-state index in [0.717, 1.165) is 89.8 Å². The topological polar surface area (TPSA) is 63.2 Å². The molecule has 2 heterocycles. The SMILES string of the molecule is COc1ccc(-c2oc3cc4c(-c5ccc(OC)cc5)c(-c5ccc(OC)cc5)oc4cc3c2-c2ccc(OC)cc2)cc1. The van der Waals surface area contributed by atoms with E-state index in [2.05, 4.69) is 12.1 Å². The highest BCUT2D eigenvalue weighted by Crippen LogP contribution is 2.47. The van der Waals surface area contributed by atoms with Crippen molar-refractivity contribution in [1.29, 1.82) is 0 Å². The Kier molecular flexibility index (Phi) is 6.95. The molecule has 218 valence electrons. The number of hydrogen-bond donors (Lipinski definition) is 0. The minimum atomic E-state index is 0.756. The Labute approximate surface area is 255 Å². The van der Waals surface area contributed by atoms with E-state index >= 15 is 0 Å². The first-order valence-corrected chi connectivity index (χ1v) is 14.2. The number of benzene rings is 5. The third-order valence-corrected chi connectivity index (χ3v) is 7.96. The van der Waals surface area contributed by atoms with Crippen molar-refractivity contribution in [2.24, 2.45) is 0 Å². The lowest BCUT2D eigenvalue weighted by Crippen LogP contribution is -1.85. The fourth-order valence-corrected chi connectivity index (χ4v) is 5.67. The summed E-state index contributed by atoms with van der Waals surface area (Å²) in [6.07, 6.45) is 0. The van der Waals surface area contributed by atoms with Crippen molar-refractivity contribution in [2.75, 3.05) is 28.4 Å². The molecule has 0 aliphatic carbocycles. The molecule has 0 amide bonds.